The van der Waals surface area contributed by atoms with Gasteiger partial charge in [-0.2, -0.15) is 0 Å². The number of rotatable bonds is 4. The lowest BCUT2D eigenvalue weighted by molar-refractivity contribution is 0.223. The second-order valence-corrected chi connectivity index (χ2v) is 4.72. The average molecular weight is 260 g/mol. The van der Waals surface area contributed by atoms with Gasteiger partial charge in [-0.05, 0) is 30.7 Å². The molecule has 4 heteroatoms. The summed E-state index contributed by atoms with van der Waals surface area (Å²) in [5.74, 6) is -0.435. The van der Waals surface area contributed by atoms with Crippen LogP contribution < -0.4 is 11.1 Å². The Labute approximate surface area is 111 Å². The Morgan fingerprint density at radius 1 is 1.21 bits per heavy atom. The van der Waals surface area contributed by atoms with Gasteiger partial charge in [0.25, 0.3) is 0 Å². The van der Waals surface area contributed by atoms with Crippen LogP contribution in [-0.4, -0.2) is 11.7 Å². The van der Waals surface area contributed by atoms with E-state index in [1.54, 1.807) is 12.1 Å². The average Bonchev–Trinajstić information content (AvgIpc) is 2.43. The zero-order valence-corrected chi connectivity index (χ0v) is 10.7. The second kappa shape index (κ2) is 5.28. The molecule has 2 aromatic carbocycles. The van der Waals surface area contributed by atoms with E-state index in [-0.39, 0.29) is 6.61 Å². The summed E-state index contributed by atoms with van der Waals surface area (Å²) >= 11 is 0. The van der Waals surface area contributed by atoms with Gasteiger partial charge in [0.15, 0.2) is 0 Å². The van der Waals surface area contributed by atoms with Crippen molar-refractivity contribution in [3.8, 4) is 0 Å². The van der Waals surface area contributed by atoms with Gasteiger partial charge in [0, 0.05) is 5.69 Å². The van der Waals surface area contributed by atoms with Crippen LogP contribution in [-0.2, 0) is 5.54 Å². The SMILES string of the molecule is CC(CO)(Nc1ccc(N)cc1F)c1ccccc1. The van der Waals surface area contributed by atoms with E-state index in [4.69, 9.17) is 5.73 Å². The van der Waals surface area contributed by atoms with E-state index in [2.05, 4.69) is 5.32 Å². The molecule has 3 nitrogen and oxygen atoms in total. The van der Waals surface area contributed by atoms with Gasteiger partial charge >= 0.3 is 0 Å². The third-order valence-electron chi connectivity index (χ3n) is 3.13. The first kappa shape index (κ1) is 13.4. The van der Waals surface area contributed by atoms with Crippen molar-refractivity contribution in [3.63, 3.8) is 0 Å². The minimum Gasteiger partial charge on any atom is -0.399 e. The van der Waals surface area contributed by atoms with Crippen LogP contribution in [0.15, 0.2) is 48.5 Å². The van der Waals surface area contributed by atoms with Gasteiger partial charge in [-0.25, -0.2) is 4.39 Å². The van der Waals surface area contributed by atoms with Crippen molar-refractivity contribution in [2.75, 3.05) is 17.7 Å². The molecule has 2 rings (SSSR count). The third-order valence-corrected chi connectivity index (χ3v) is 3.13. The van der Waals surface area contributed by atoms with E-state index in [0.29, 0.717) is 11.4 Å². The highest BCUT2D eigenvalue weighted by atomic mass is 19.1. The van der Waals surface area contributed by atoms with E-state index >= 15 is 0 Å². The number of aliphatic hydroxyl groups is 1. The molecule has 1 atom stereocenters. The van der Waals surface area contributed by atoms with Crippen LogP contribution >= 0.6 is 0 Å². The van der Waals surface area contributed by atoms with Gasteiger partial charge in [-0.15, -0.1) is 0 Å². The van der Waals surface area contributed by atoms with Crippen LogP contribution in [0.3, 0.4) is 0 Å². The molecule has 0 aliphatic rings. The fourth-order valence-electron chi connectivity index (χ4n) is 1.94. The summed E-state index contributed by atoms with van der Waals surface area (Å²) in [6.07, 6.45) is 0. The summed E-state index contributed by atoms with van der Waals surface area (Å²) in [5, 5.41) is 12.7. The molecule has 0 radical (unpaired) electrons. The molecule has 0 saturated heterocycles. The van der Waals surface area contributed by atoms with E-state index in [1.807, 2.05) is 37.3 Å². The molecular weight excluding hydrogens is 243 g/mol. The molecule has 0 aromatic heterocycles. The van der Waals surface area contributed by atoms with Crippen LogP contribution in [0.25, 0.3) is 0 Å². The number of aliphatic hydroxyl groups excluding tert-OH is 1. The highest BCUT2D eigenvalue weighted by molar-refractivity contribution is 5.55. The standard InChI is InChI=1S/C15H17FN2O/c1-15(10-19,11-5-3-2-4-6-11)18-14-8-7-12(17)9-13(14)16/h2-9,18-19H,10,17H2,1H3. The van der Waals surface area contributed by atoms with Gasteiger partial charge in [-0.3, -0.25) is 0 Å². The lowest BCUT2D eigenvalue weighted by atomic mass is 9.92. The van der Waals surface area contributed by atoms with E-state index in [9.17, 15) is 9.50 Å². The van der Waals surface area contributed by atoms with Crippen molar-refractivity contribution in [1.82, 2.24) is 0 Å². The first-order valence-corrected chi connectivity index (χ1v) is 6.05. The lowest BCUT2D eigenvalue weighted by Crippen LogP contribution is -2.36. The number of hydrogen-bond donors (Lipinski definition) is 3. The first-order chi connectivity index (χ1) is 9.05. The molecule has 0 aliphatic heterocycles. The minimum atomic E-state index is -0.752. The largest absolute Gasteiger partial charge is 0.399 e. The molecule has 0 bridgehead atoms. The fourth-order valence-corrected chi connectivity index (χ4v) is 1.94. The Balaban J connectivity index is 2.33. The molecular formula is C15H17FN2O. The minimum absolute atomic E-state index is 0.152. The maximum Gasteiger partial charge on any atom is 0.148 e. The summed E-state index contributed by atoms with van der Waals surface area (Å²) in [7, 11) is 0. The van der Waals surface area contributed by atoms with Crippen molar-refractivity contribution in [3.05, 3.63) is 59.9 Å². The summed E-state index contributed by atoms with van der Waals surface area (Å²) in [4.78, 5) is 0. The predicted octanol–water partition coefficient (Wildman–Crippen LogP) is 2.73. The van der Waals surface area contributed by atoms with Crippen LogP contribution in [0, 0.1) is 5.82 Å². The van der Waals surface area contributed by atoms with Crippen LogP contribution in [0.4, 0.5) is 15.8 Å². The van der Waals surface area contributed by atoms with Crippen molar-refractivity contribution >= 4 is 11.4 Å². The van der Waals surface area contributed by atoms with Gasteiger partial charge in [-0.1, -0.05) is 30.3 Å². The van der Waals surface area contributed by atoms with Crippen molar-refractivity contribution in [2.24, 2.45) is 0 Å². The van der Waals surface area contributed by atoms with Gasteiger partial charge < -0.3 is 16.2 Å². The van der Waals surface area contributed by atoms with Crippen LogP contribution in [0.2, 0.25) is 0 Å². The van der Waals surface area contributed by atoms with Gasteiger partial charge in [0.05, 0.1) is 17.8 Å². The molecule has 0 spiro atoms. The second-order valence-electron chi connectivity index (χ2n) is 4.72. The van der Waals surface area contributed by atoms with Gasteiger partial charge in [0.1, 0.15) is 5.82 Å². The van der Waals surface area contributed by atoms with Crippen molar-refractivity contribution < 1.29 is 9.50 Å². The molecule has 2 aromatic rings. The Morgan fingerprint density at radius 2 is 1.89 bits per heavy atom. The number of hydrogen-bond acceptors (Lipinski definition) is 3. The maximum absolute atomic E-state index is 13.8. The summed E-state index contributed by atoms with van der Waals surface area (Å²) < 4.78 is 13.8. The summed E-state index contributed by atoms with van der Waals surface area (Å²) in [6.45, 7) is 1.67. The quantitative estimate of drug-likeness (QED) is 0.741. The molecule has 0 saturated carbocycles. The predicted molar refractivity (Wildman–Crippen MR) is 75.3 cm³/mol. The third kappa shape index (κ3) is 2.85. The van der Waals surface area contributed by atoms with E-state index < -0.39 is 11.4 Å². The molecule has 0 heterocycles. The molecule has 1 unspecified atom stereocenters. The van der Waals surface area contributed by atoms with Crippen molar-refractivity contribution in [1.29, 1.82) is 0 Å². The van der Waals surface area contributed by atoms with E-state index in [0.717, 1.165) is 5.56 Å². The number of halogens is 1. The highest BCUT2D eigenvalue weighted by Gasteiger charge is 2.26. The topological polar surface area (TPSA) is 58.3 Å². The number of nitrogens with two attached hydrogens (primary N) is 1. The zero-order valence-electron chi connectivity index (χ0n) is 10.7. The Bertz CT molecular complexity index is 559. The fraction of sp³-hybridized carbons (Fsp3) is 0.200. The molecule has 19 heavy (non-hydrogen) atoms. The lowest BCUT2D eigenvalue weighted by Gasteiger charge is -2.30. The Hall–Kier alpha value is -2.07. The molecule has 0 fully saturated rings. The Kier molecular flexibility index (Phi) is 3.71. The molecule has 100 valence electrons. The number of anilines is 2. The first-order valence-electron chi connectivity index (χ1n) is 6.05. The summed E-state index contributed by atoms with van der Waals surface area (Å²) in [6, 6.07) is 13.9. The molecule has 0 amide bonds. The number of nitrogens with one attached hydrogen (secondary N) is 1. The molecule has 4 N–H and O–H groups in total. The maximum atomic E-state index is 13.8. The summed E-state index contributed by atoms with van der Waals surface area (Å²) in [5.41, 5.74) is 6.33. The van der Waals surface area contributed by atoms with Crippen LogP contribution in [0.5, 0.6) is 0 Å². The van der Waals surface area contributed by atoms with Crippen LogP contribution in [0.1, 0.15) is 12.5 Å². The Morgan fingerprint density at radius 3 is 2.47 bits per heavy atom. The van der Waals surface area contributed by atoms with E-state index in [1.165, 1.54) is 6.07 Å². The van der Waals surface area contributed by atoms with Crippen molar-refractivity contribution in [2.45, 2.75) is 12.5 Å². The smallest absolute Gasteiger partial charge is 0.148 e. The highest BCUT2D eigenvalue weighted by Crippen LogP contribution is 2.27. The van der Waals surface area contributed by atoms with Gasteiger partial charge in [0.2, 0.25) is 0 Å². The monoisotopic (exact) mass is 260 g/mol. The number of nitrogen functional groups attached to an aromatic ring is 1. The number of benzene rings is 2. The molecule has 0 aliphatic carbocycles. The normalized spacial score (nSPS) is 13.8. The zero-order chi connectivity index (χ0) is 13.9.